The maximum atomic E-state index is 13.3. The van der Waals surface area contributed by atoms with E-state index in [4.69, 9.17) is 4.74 Å². The van der Waals surface area contributed by atoms with Crippen molar-refractivity contribution in [1.82, 2.24) is 10.2 Å². The number of benzene rings is 2. The van der Waals surface area contributed by atoms with Gasteiger partial charge in [0.05, 0.1) is 13.2 Å². The zero-order valence-corrected chi connectivity index (χ0v) is 17.8. The van der Waals surface area contributed by atoms with Gasteiger partial charge in [-0.3, -0.25) is 9.59 Å². The SMILES string of the molecule is CC(C)C(=O)N1CCO[C@](Cc2cccc(-c3ccccc3)c2)(C(=O)NC2CC2)C1. The van der Waals surface area contributed by atoms with E-state index in [2.05, 4.69) is 29.6 Å². The van der Waals surface area contributed by atoms with Gasteiger partial charge < -0.3 is 15.0 Å². The van der Waals surface area contributed by atoms with Crippen molar-refractivity contribution in [2.75, 3.05) is 19.7 Å². The highest BCUT2D eigenvalue weighted by atomic mass is 16.5. The summed E-state index contributed by atoms with van der Waals surface area (Å²) in [5.74, 6) is -0.134. The van der Waals surface area contributed by atoms with Crippen LogP contribution in [0.5, 0.6) is 0 Å². The molecule has 0 aromatic heterocycles. The molecule has 30 heavy (non-hydrogen) atoms. The zero-order chi connectivity index (χ0) is 21.1. The molecule has 1 N–H and O–H groups in total. The Bertz CT molecular complexity index is 908. The first-order valence-corrected chi connectivity index (χ1v) is 10.8. The van der Waals surface area contributed by atoms with Crippen LogP contribution in [0.3, 0.4) is 0 Å². The van der Waals surface area contributed by atoms with Crippen LogP contribution in [0.15, 0.2) is 54.6 Å². The maximum Gasteiger partial charge on any atom is 0.254 e. The number of morpholine rings is 1. The van der Waals surface area contributed by atoms with E-state index >= 15 is 0 Å². The van der Waals surface area contributed by atoms with Gasteiger partial charge in [0.15, 0.2) is 5.60 Å². The van der Waals surface area contributed by atoms with E-state index in [0.29, 0.717) is 19.6 Å². The summed E-state index contributed by atoms with van der Waals surface area (Å²) < 4.78 is 6.16. The molecule has 1 heterocycles. The molecule has 5 heteroatoms. The van der Waals surface area contributed by atoms with Crippen LogP contribution in [0, 0.1) is 5.92 Å². The first kappa shape index (κ1) is 20.6. The molecule has 1 saturated carbocycles. The fourth-order valence-electron chi connectivity index (χ4n) is 4.03. The predicted octanol–water partition coefficient (Wildman–Crippen LogP) is 3.43. The van der Waals surface area contributed by atoms with Crippen LogP contribution in [-0.2, 0) is 20.7 Å². The summed E-state index contributed by atoms with van der Waals surface area (Å²) in [5.41, 5.74) is 2.22. The van der Waals surface area contributed by atoms with E-state index in [1.807, 2.05) is 44.2 Å². The molecule has 1 aliphatic carbocycles. The summed E-state index contributed by atoms with van der Waals surface area (Å²) in [6.07, 6.45) is 2.47. The molecule has 2 aliphatic rings. The third-order valence-corrected chi connectivity index (χ3v) is 5.84. The second-order valence-electron chi connectivity index (χ2n) is 8.75. The first-order chi connectivity index (χ1) is 14.5. The summed E-state index contributed by atoms with van der Waals surface area (Å²) >= 11 is 0. The minimum absolute atomic E-state index is 0.0694. The van der Waals surface area contributed by atoms with Crippen LogP contribution in [-0.4, -0.2) is 48.1 Å². The fourth-order valence-corrected chi connectivity index (χ4v) is 4.03. The Hall–Kier alpha value is -2.66. The van der Waals surface area contributed by atoms with E-state index in [0.717, 1.165) is 29.5 Å². The van der Waals surface area contributed by atoms with Gasteiger partial charge in [-0.25, -0.2) is 0 Å². The van der Waals surface area contributed by atoms with Crippen molar-refractivity contribution in [2.45, 2.75) is 44.8 Å². The summed E-state index contributed by atoms with van der Waals surface area (Å²) in [7, 11) is 0. The van der Waals surface area contributed by atoms with Crippen LogP contribution in [0.4, 0.5) is 0 Å². The van der Waals surface area contributed by atoms with Crippen molar-refractivity contribution in [3.63, 3.8) is 0 Å². The Morgan fingerprint density at radius 2 is 1.83 bits per heavy atom. The highest BCUT2D eigenvalue weighted by Gasteiger charge is 2.46. The quantitative estimate of drug-likeness (QED) is 0.800. The van der Waals surface area contributed by atoms with Crippen molar-refractivity contribution >= 4 is 11.8 Å². The minimum Gasteiger partial charge on any atom is -0.361 e. The number of nitrogens with one attached hydrogen (secondary N) is 1. The molecule has 0 unspecified atom stereocenters. The minimum atomic E-state index is -1.05. The van der Waals surface area contributed by atoms with Gasteiger partial charge in [-0.2, -0.15) is 0 Å². The monoisotopic (exact) mass is 406 g/mol. The smallest absolute Gasteiger partial charge is 0.254 e. The second-order valence-corrected chi connectivity index (χ2v) is 8.75. The standard InChI is InChI=1S/C25H30N2O3/c1-18(2)23(28)27-13-14-30-25(17-27,24(29)26-22-11-12-22)16-19-7-6-10-21(15-19)20-8-4-3-5-9-20/h3-10,15,18,22H,11-14,16-17H2,1-2H3,(H,26,29)/t25-/m0/s1. The molecule has 2 aromatic rings. The lowest BCUT2D eigenvalue weighted by molar-refractivity contribution is -0.167. The highest BCUT2D eigenvalue weighted by Crippen LogP contribution is 2.29. The topological polar surface area (TPSA) is 58.6 Å². The van der Waals surface area contributed by atoms with Crippen LogP contribution in [0.2, 0.25) is 0 Å². The van der Waals surface area contributed by atoms with Crippen molar-refractivity contribution in [2.24, 2.45) is 5.92 Å². The molecule has 2 amide bonds. The van der Waals surface area contributed by atoms with E-state index in [1.165, 1.54) is 0 Å². The Kier molecular flexibility index (Phi) is 5.91. The van der Waals surface area contributed by atoms with Crippen molar-refractivity contribution in [1.29, 1.82) is 0 Å². The van der Waals surface area contributed by atoms with Crippen molar-refractivity contribution in [3.05, 3.63) is 60.2 Å². The lowest BCUT2D eigenvalue weighted by Gasteiger charge is -2.42. The third-order valence-electron chi connectivity index (χ3n) is 5.84. The number of amides is 2. The van der Waals surface area contributed by atoms with Gasteiger partial charge >= 0.3 is 0 Å². The lowest BCUT2D eigenvalue weighted by atomic mass is 9.89. The number of carbonyl (C=O) groups is 2. The van der Waals surface area contributed by atoms with Gasteiger partial charge in [0, 0.05) is 24.9 Å². The average Bonchev–Trinajstić information content (AvgIpc) is 3.58. The first-order valence-electron chi connectivity index (χ1n) is 10.8. The molecule has 1 saturated heterocycles. The molecule has 5 nitrogen and oxygen atoms in total. The van der Waals surface area contributed by atoms with Crippen LogP contribution < -0.4 is 5.32 Å². The van der Waals surface area contributed by atoms with E-state index in [9.17, 15) is 9.59 Å². The second kappa shape index (κ2) is 8.60. The van der Waals surface area contributed by atoms with Gasteiger partial charge in [-0.05, 0) is 29.5 Å². The van der Waals surface area contributed by atoms with Gasteiger partial charge in [-0.1, -0.05) is 68.4 Å². The molecular weight excluding hydrogens is 376 g/mol. The van der Waals surface area contributed by atoms with Crippen molar-refractivity contribution in [3.8, 4) is 11.1 Å². The lowest BCUT2D eigenvalue weighted by Crippen LogP contribution is -2.62. The normalized spacial score (nSPS) is 21.5. The van der Waals surface area contributed by atoms with Crippen LogP contribution in [0.1, 0.15) is 32.3 Å². The number of hydrogen-bond acceptors (Lipinski definition) is 3. The number of nitrogens with zero attached hydrogens (tertiary/aromatic N) is 1. The Morgan fingerprint density at radius 3 is 2.53 bits per heavy atom. The van der Waals surface area contributed by atoms with E-state index in [-0.39, 0.29) is 30.3 Å². The molecular formula is C25H30N2O3. The summed E-state index contributed by atoms with van der Waals surface area (Å²) in [5, 5.41) is 3.12. The number of hydrogen-bond donors (Lipinski definition) is 1. The molecule has 0 spiro atoms. The molecule has 0 bridgehead atoms. The fraction of sp³-hybridized carbons (Fsp3) is 0.440. The maximum absolute atomic E-state index is 13.3. The summed E-state index contributed by atoms with van der Waals surface area (Å²) in [6, 6.07) is 18.7. The van der Waals surface area contributed by atoms with Gasteiger partial charge in [0.25, 0.3) is 5.91 Å². The molecule has 0 radical (unpaired) electrons. The van der Waals surface area contributed by atoms with Crippen LogP contribution in [0.25, 0.3) is 11.1 Å². The summed E-state index contributed by atoms with van der Waals surface area (Å²) in [4.78, 5) is 27.8. The van der Waals surface area contributed by atoms with E-state index in [1.54, 1.807) is 4.90 Å². The Morgan fingerprint density at radius 1 is 1.10 bits per heavy atom. The average molecular weight is 407 g/mol. The van der Waals surface area contributed by atoms with E-state index < -0.39 is 5.60 Å². The van der Waals surface area contributed by atoms with Crippen LogP contribution >= 0.6 is 0 Å². The Balaban J connectivity index is 1.62. The summed E-state index contributed by atoms with van der Waals surface area (Å²) in [6.45, 7) is 4.98. The van der Waals surface area contributed by atoms with Crippen molar-refractivity contribution < 1.29 is 14.3 Å². The highest BCUT2D eigenvalue weighted by molar-refractivity contribution is 5.88. The molecule has 2 fully saturated rings. The molecule has 2 aromatic carbocycles. The predicted molar refractivity (Wildman–Crippen MR) is 117 cm³/mol. The Labute approximate surface area is 178 Å². The van der Waals surface area contributed by atoms with Gasteiger partial charge in [0.2, 0.25) is 5.91 Å². The number of ether oxygens (including phenoxy) is 1. The molecule has 158 valence electrons. The van der Waals surface area contributed by atoms with Gasteiger partial charge in [0.1, 0.15) is 0 Å². The zero-order valence-electron chi connectivity index (χ0n) is 17.8. The molecule has 1 aliphatic heterocycles. The van der Waals surface area contributed by atoms with Gasteiger partial charge in [-0.15, -0.1) is 0 Å². The largest absolute Gasteiger partial charge is 0.361 e. The number of rotatable bonds is 6. The molecule has 1 atom stereocenters. The molecule has 4 rings (SSSR count). The third kappa shape index (κ3) is 4.57. The number of carbonyl (C=O) groups excluding carboxylic acids is 2.